The smallest absolute Gasteiger partial charge is 0.410 e. The number of likely N-dealkylation sites (tertiary alicyclic amines) is 1. The van der Waals surface area contributed by atoms with Crippen LogP contribution >= 0.6 is 0 Å². The van der Waals surface area contributed by atoms with Crippen molar-refractivity contribution in [2.24, 2.45) is 5.92 Å². The van der Waals surface area contributed by atoms with Crippen molar-refractivity contribution >= 4 is 12.1 Å². The summed E-state index contributed by atoms with van der Waals surface area (Å²) in [5.41, 5.74) is -0.519. The van der Waals surface area contributed by atoms with Crippen molar-refractivity contribution in [2.45, 2.75) is 65.6 Å². The number of hydrogen-bond acceptors (Lipinski definition) is 4. The molecule has 7 heteroatoms. The van der Waals surface area contributed by atoms with Crippen molar-refractivity contribution in [1.29, 1.82) is 0 Å². The van der Waals surface area contributed by atoms with Gasteiger partial charge < -0.3 is 24.3 Å². The number of nitrogens with one attached hydrogen (secondary N) is 1. The van der Waals surface area contributed by atoms with Crippen molar-refractivity contribution in [3.8, 4) is 0 Å². The summed E-state index contributed by atoms with van der Waals surface area (Å²) >= 11 is 0. The Kier molecular flexibility index (Phi) is 7.16. The summed E-state index contributed by atoms with van der Waals surface area (Å²) in [6.45, 7) is 11.9. The van der Waals surface area contributed by atoms with Crippen LogP contribution in [0.2, 0.25) is 0 Å². The zero-order valence-electron chi connectivity index (χ0n) is 17.2. The summed E-state index contributed by atoms with van der Waals surface area (Å²) < 4.78 is 10.8. The monoisotopic (exact) mass is 379 g/mol. The van der Waals surface area contributed by atoms with Crippen LogP contribution in [0, 0.1) is 5.92 Å². The summed E-state index contributed by atoms with van der Waals surface area (Å²) in [5, 5.41) is 2.89. The molecule has 1 aromatic heterocycles. The number of carbonyl (C=O) groups excluding carboxylic acids is 2. The number of carbonyl (C=O) groups is 2. The van der Waals surface area contributed by atoms with Gasteiger partial charge >= 0.3 is 12.1 Å². The van der Waals surface area contributed by atoms with E-state index in [9.17, 15) is 9.59 Å². The van der Waals surface area contributed by atoms with Crippen LogP contribution in [0.5, 0.6) is 0 Å². The zero-order chi connectivity index (χ0) is 20.0. The Morgan fingerprint density at radius 1 is 1.41 bits per heavy atom. The highest BCUT2D eigenvalue weighted by Crippen LogP contribution is 2.21. The molecule has 152 valence electrons. The van der Waals surface area contributed by atoms with Gasteiger partial charge in [0, 0.05) is 25.7 Å². The van der Waals surface area contributed by atoms with Gasteiger partial charge in [-0.3, -0.25) is 0 Å². The molecule has 1 atom stereocenters. The minimum atomic E-state index is -0.519. The molecule has 2 heterocycles. The molecule has 1 aliphatic heterocycles. The fourth-order valence-electron chi connectivity index (χ4n) is 3.18. The summed E-state index contributed by atoms with van der Waals surface area (Å²) in [5.74, 6) is 0.968. The molecule has 1 N–H and O–H groups in total. The number of urea groups is 1. The third-order valence-corrected chi connectivity index (χ3v) is 4.51. The van der Waals surface area contributed by atoms with E-state index in [1.165, 1.54) is 0 Å². The molecular weight excluding hydrogens is 346 g/mol. The van der Waals surface area contributed by atoms with Crippen LogP contribution in [-0.4, -0.2) is 53.2 Å². The van der Waals surface area contributed by atoms with Gasteiger partial charge in [-0.2, -0.15) is 0 Å². The fourth-order valence-corrected chi connectivity index (χ4v) is 3.18. The first-order valence-electron chi connectivity index (χ1n) is 9.70. The zero-order valence-corrected chi connectivity index (χ0v) is 17.2. The number of amides is 3. The first-order chi connectivity index (χ1) is 12.7. The molecule has 1 saturated heterocycles. The van der Waals surface area contributed by atoms with Gasteiger partial charge in [-0.05, 0) is 65.5 Å². The van der Waals surface area contributed by atoms with Crippen LogP contribution in [0.15, 0.2) is 22.8 Å². The highest BCUT2D eigenvalue weighted by molar-refractivity contribution is 5.74. The van der Waals surface area contributed by atoms with E-state index in [-0.39, 0.29) is 24.1 Å². The minimum Gasteiger partial charge on any atom is -0.467 e. The first-order valence-corrected chi connectivity index (χ1v) is 9.70. The van der Waals surface area contributed by atoms with Crippen LogP contribution in [0.1, 0.15) is 53.2 Å². The van der Waals surface area contributed by atoms with Crippen molar-refractivity contribution < 1.29 is 18.7 Å². The minimum absolute atomic E-state index is 0.0444. The van der Waals surface area contributed by atoms with Crippen molar-refractivity contribution in [1.82, 2.24) is 15.1 Å². The van der Waals surface area contributed by atoms with Crippen LogP contribution < -0.4 is 5.32 Å². The van der Waals surface area contributed by atoms with Crippen LogP contribution in [0.3, 0.4) is 0 Å². The van der Waals surface area contributed by atoms with E-state index in [1.807, 2.05) is 45.6 Å². The molecule has 7 nitrogen and oxygen atoms in total. The third-order valence-electron chi connectivity index (χ3n) is 4.51. The maximum atomic E-state index is 12.5. The van der Waals surface area contributed by atoms with Crippen molar-refractivity contribution in [2.75, 3.05) is 19.6 Å². The quantitative estimate of drug-likeness (QED) is 0.843. The molecule has 1 aromatic rings. The predicted octanol–water partition coefficient (Wildman–Crippen LogP) is 3.85. The maximum absolute atomic E-state index is 12.5. The van der Waals surface area contributed by atoms with Gasteiger partial charge in [0.2, 0.25) is 0 Å². The third kappa shape index (κ3) is 6.81. The second-order valence-electron chi connectivity index (χ2n) is 8.42. The average molecular weight is 380 g/mol. The van der Waals surface area contributed by atoms with Gasteiger partial charge in [-0.1, -0.05) is 0 Å². The van der Waals surface area contributed by atoms with Gasteiger partial charge in [0.15, 0.2) is 0 Å². The van der Waals surface area contributed by atoms with E-state index in [2.05, 4.69) is 5.32 Å². The topological polar surface area (TPSA) is 75.0 Å². The lowest BCUT2D eigenvalue weighted by Crippen LogP contribution is -2.50. The molecule has 3 amide bonds. The standard InChI is InChI=1S/C20H33N3O4/c1-15(2)23(19(25)27-20(3,4)5)14-16-8-6-10-22(13-16)18(24)21-12-17-9-7-11-26-17/h7,9,11,15-16H,6,8,10,12-14H2,1-5H3,(H,21,24). The maximum Gasteiger partial charge on any atom is 0.410 e. The average Bonchev–Trinajstić information content (AvgIpc) is 3.09. The normalized spacial score (nSPS) is 17.7. The number of ether oxygens (including phenoxy) is 1. The number of furan rings is 1. The Morgan fingerprint density at radius 3 is 2.74 bits per heavy atom. The number of piperidine rings is 1. The number of hydrogen-bond donors (Lipinski definition) is 1. The van der Waals surface area contributed by atoms with Crippen LogP contribution in [-0.2, 0) is 11.3 Å². The molecule has 1 aliphatic rings. The van der Waals surface area contributed by atoms with Crippen molar-refractivity contribution in [3.63, 3.8) is 0 Å². The second-order valence-corrected chi connectivity index (χ2v) is 8.42. The van der Waals surface area contributed by atoms with Crippen molar-refractivity contribution in [3.05, 3.63) is 24.2 Å². The van der Waals surface area contributed by atoms with E-state index in [4.69, 9.17) is 9.15 Å². The van der Waals surface area contributed by atoms with Gasteiger partial charge in [-0.25, -0.2) is 9.59 Å². The first kappa shape index (κ1) is 21.1. The van der Waals surface area contributed by atoms with Gasteiger partial charge in [-0.15, -0.1) is 0 Å². The van der Waals surface area contributed by atoms with E-state index < -0.39 is 5.60 Å². The number of rotatable bonds is 5. The molecule has 1 fully saturated rings. The van der Waals surface area contributed by atoms with Crippen LogP contribution in [0.25, 0.3) is 0 Å². The lowest BCUT2D eigenvalue weighted by molar-refractivity contribution is 0.0131. The Bertz CT molecular complexity index is 607. The SMILES string of the molecule is CC(C)N(CC1CCCN(C(=O)NCc2ccco2)C1)C(=O)OC(C)(C)C. The Labute approximate surface area is 162 Å². The summed E-state index contributed by atoms with van der Waals surface area (Å²) in [6, 6.07) is 3.59. The van der Waals surface area contributed by atoms with Crippen LogP contribution in [0.4, 0.5) is 9.59 Å². The lowest BCUT2D eigenvalue weighted by atomic mass is 9.97. The second kappa shape index (κ2) is 9.15. The molecule has 0 aliphatic carbocycles. The van der Waals surface area contributed by atoms with E-state index in [1.54, 1.807) is 17.2 Å². The lowest BCUT2D eigenvalue weighted by Gasteiger charge is -2.37. The number of nitrogens with zero attached hydrogens (tertiary/aromatic N) is 2. The Hall–Kier alpha value is -2.18. The van der Waals surface area contributed by atoms with Gasteiger partial charge in [0.05, 0.1) is 12.8 Å². The molecule has 27 heavy (non-hydrogen) atoms. The molecular formula is C20H33N3O4. The molecule has 1 unspecified atom stereocenters. The Balaban J connectivity index is 1.89. The van der Waals surface area contributed by atoms with E-state index in [0.717, 1.165) is 25.1 Å². The highest BCUT2D eigenvalue weighted by atomic mass is 16.6. The molecule has 2 rings (SSSR count). The molecule has 0 aromatic carbocycles. The summed E-state index contributed by atoms with van der Waals surface area (Å²) in [6.07, 6.45) is 3.22. The predicted molar refractivity (Wildman–Crippen MR) is 103 cm³/mol. The fraction of sp³-hybridized carbons (Fsp3) is 0.700. The molecule has 0 radical (unpaired) electrons. The summed E-state index contributed by atoms with van der Waals surface area (Å²) in [7, 11) is 0. The molecule has 0 bridgehead atoms. The van der Waals surface area contributed by atoms with E-state index >= 15 is 0 Å². The van der Waals surface area contributed by atoms with E-state index in [0.29, 0.717) is 19.6 Å². The van der Waals surface area contributed by atoms with Gasteiger partial charge in [0.1, 0.15) is 11.4 Å². The summed E-state index contributed by atoms with van der Waals surface area (Å²) in [4.78, 5) is 28.6. The Morgan fingerprint density at radius 2 is 2.15 bits per heavy atom. The highest BCUT2D eigenvalue weighted by Gasteiger charge is 2.30. The molecule has 0 spiro atoms. The largest absolute Gasteiger partial charge is 0.467 e. The van der Waals surface area contributed by atoms with Gasteiger partial charge in [0.25, 0.3) is 0 Å². The molecule has 0 saturated carbocycles.